The summed E-state index contributed by atoms with van der Waals surface area (Å²) in [6.45, 7) is 5.34. The van der Waals surface area contributed by atoms with Crippen molar-refractivity contribution in [3.05, 3.63) is 23.8 Å². The molecule has 0 aliphatic heterocycles. The molecular weight excluding hydrogens is 246 g/mol. The second-order valence-corrected chi connectivity index (χ2v) is 4.96. The SMILES string of the molecule is COc1cc(C(=N)N)ccc1NC(=O)OC(C)(C)C. The molecule has 0 spiro atoms. The summed E-state index contributed by atoms with van der Waals surface area (Å²) in [5.41, 5.74) is 5.79. The largest absolute Gasteiger partial charge is 0.495 e. The number of amidine groups is 1. The minimum atomic E-state index is -0.573. The van der Waals surface area contributed by atoms with Crippen molar-refractivity contribution in [1.29, 1.82) is 5.41 Å². The molecule has 1 aromatic carbocycles. The van der Waals surface area contributed by atoms with Gasteiger partial charge in [-0.3, -0.25) is 10.7 Å². The summed E-state index contributed by atoms with van der Waals surface area (Å²) in [6.07, 6.45) is -0.568. The molecule has 0 saturated heterocycles. The van der Waals surface area contributed by atoms with Gasteiger partial charge in [0.15, 0.2) is 0 Å². The second kappa shape index (κ2) is 5.60. The first kappa shape index (κ1) is 14.8. The Hall–Kier alpha value is -2.24. The highest BCUT2D eigenvalue weighted by Gasteiger charge is 2.17. The van der Waals surface area contributed by atoms with Crippen molar-refractivity contribution in [3.63, 3.8) is 0 Å². The Morgan fingerprint density at radius 1 is 1.37 bits per heavy atom. The van der Waals surface area contributed by atoms with Crippen LogP contribution in [0.1, 0.15) is 26.3 Å². The van der Waals surface area contributed by atoms with Crippen molar-refractivity contribution < 1.29 is 14.3 Å². The Morgan fingerprint density at radius 2 is 2.00 bits per heavy atom. The highest BCUT2D eigenvalue weighted by molar-refractivity contribution is 5.97. The van der Waals surface area contributed by atoms with Crippen molar-refractivity contribution in [2.45, 2.75) is 26.4 Å². The lowest BCUT2D eigenvalue weighted by Gasteiger charge is -2.20. The van der Waals surface area contributed by atoms with E-state index < -0.39 is 11.7 Å². The fraction of sp³-hybridized carbons (Fsp3) is 0.385. The lowest BCUT2D eigenvalue weighted by molar-refractivity contribution is 0.0635. The Morgan fingerprint density at radius 3 is 2.47 bits per heavy atom. The van der Waals surface area contributed by atoms with E-state index in [1.165, 1.54) is 7.11 Å². The van der Waals surface area contributed by atoms with E-state index in [1.807, 2.05) is 0 Å². The number of hydrogen-bond donors (Lipinski definition) is 3. The number of carbonyl (C=O) groups excluding carboxylic acids is 1. The van der Waals surface area contributed by atoms with Gasteiger partial charge in [0, 0.05) is 5.56 Å². The quantitative estimate of drug-likeness (QED) is 0.577. The molecule has 0 aliphatic carbocycles. The van der Waals surface area contributed by atoms with E-state index in [4.69, 9.17) is 20.6 Å². The van der Waals surface area contributed by atoms with E-state index in [-0.39, 0.29) is 5.84 Å². The van der Waals surface area contributed by atoms with Crippen LogP contribution in [0, 0.1) is 5.41 Å². The van der Waals surface area contributed by atoms with Gasteiger partial charge in [-0.1, -0.05) is 0 Å². The first-order chi connectivity index (χ1) is 8.73. The van der Waals surface area contributed by atoms with Gasteiger partial charge in [0.05, 0.1) is 12.8 Å². The van der Waals surface area contributed by atoms with Gasteiger partial charge in [-0.15, -0.1) is 0 Å². The molecule has 1 aromatic rings. The molecule has 104 valence electrons. The van der Waals surface area contributed by atoms with Gasteiger partial charge in [0.25, 0.3) is 0 Å². The van der Waals surface area contributed by atoms with Crippen LogP contribution in [0.4, 0.5) is 10.5 Å². The molecule has 0 atom stereocenters. The molecule has 19 heavy (non-hydrogen) atoms. The minimum Gasteiger partial charge on any atom is -0.495 e. The number of benzene rings is 1. The number of rotatable bonds is 3. The van der Waals surface area contributed by atoms with Crippen LogP contribution in [0.2, 0.25) is 0 Å². The number of nitrogens with one attached hydrogen (secondary N) is 2. The molecule has 0 heterocycles. The van der Waals surface area contributed by atoms with E-state index in [1.54, 1.807) is 39.0 Å². The van der Waals surface area contributed by atoms with Gasteiger partial charge < -0.3 is 15.2 Å². The van der Waals surface area contributed by atoms with Gasteiger partial charge in [0.2, 0.25) is 0 Å². The summed E-state index contributed by atoms with van der Waals surface area (Å²) in [5.74, 6) is 0.348. The van der Waals surface area contributed by atoms with Crippen molar-refractivity contribution in [1.82, 2.24) is 0 Å². The number of nitrogen functional groups attached to an aromatic ring is 1. The molecule has 4 N–H and O–H groups in total. The molecule has 0 bridgehead atoms. The van der Waals surface area contributed by atoms with Crippen LogP contribution in [0.5, 0.6) is 5.75 Å². The van der Waals surface area contributed by atoms with Gasteiger partial charge in [-0.25, -0.2) is 4.79 Å². The van der Waals surface area contributed by atoms with Crippen LogP contribution in [-0.4, -0.2) is 24.6 Å². The number of hydrogen-bond acceptors (Lipinski definition) is 4. The van der Waals surface area contributed by atoms with Gasteiger partial charge in [-0.05, 0) is 39.0 Å². The molecule has 0 fully saturated rings. The first-order valence-electron chi connectivity index (χ1n) is 5.75. The summed E-state index contributed by atoms with van der Waals surface area (Å²) in [4.78, 5) is 11.7. The number of nitrogens with two attached hydrogens (primary N) is 1. The number of amides is 1. The second-order valence-electron chi connectivity index (χ2n) is 4.96. The third kappa shape index (κ3) is 4.50. The van der Waals surface area contributed by atoms with Gasteiger partial charge in [-0.2, -0.15) is 0 Å². The maximum atomic E-state index is 11.7. The van der Waals surface area contributed by atoms with Crippen LogP contribution in [0.15, 0.2) is 18.2 Å². The lowest BCUT2D eigenvalue weighted by atomic mass is 10.1. The molecule has 0 aromatic heterocycles. The zero-order valence-corrected chi connectivity index (χ0v) is 11.5. The third-order valence-electron chi connectivity index (χ3n) is 2.15. The van der Waals surface area contributed by atoms with E-state index in [0.717, 1.165) is 0 Å². The topological polar surface area (TPSA) is 97.4 Å². The highest BCUT2D eigenvalue weighted by Crippen LogP contribution is 2.26. The maximum absolute atomic E-state index is 11.7. The molecule has 0 aliphatic rings. The summed E-state index contributed by atoms with van der Waals surface area (Å²) in [5, 5.41) is 9.93. The summed E-state index contributed by atoms with van der Waals surface area (Å²) < 4.78 is 10.3. The molecule has 0 unspecified atom stereocenters. The molecule has 6 heteroatoms. The number of ether oxygens (including phenoxy) is 2. The maximum Gasteiger partial charge on any atom is 0.412 e. The number of anilines is 1. The smallest absolute Gasteiger partial charge is 0.412 e. The van der Waals surface area contributed by atoms with Crippen molar-refractivity contribution >= 4 is 17.6 Å². The molecule has 1 rings (SSSR count). The van der Waals surface area contributed by atoms with Gasteiger partial charge in [0.1, 0.15) is 17.2 Å². The highest BCUT2D eigenvalue weighted by atomic mass is 16.6. The normalized spacial score (nSPS) is 10.7. The monoisotopic (exact) mass is 265 g/mol. The molecule has 0 radical (unpaired) electrons. The Balaban J connectivity index is 2.89. The third-order valence-corrected chi connectivity index (χ3v) is 2.15. The zero-order valence-electron chi connectivity index (χ0n) is 11.5. The van der Waals surface area contributed by atoms with E-state index in [2.05, 4.69) is 5.32 Å². The van der Waals surface area contributed by atoms with Crippen molar-refractivity contribution in [2.75, 3.05) is 12.4 Å². The molecular formula is C13H19N3O3. The molecule has 6 nitrogen and oxygen atoms in total. The minimum absolute atomic E-state index is 0.0675. The summed E-state index contributed by atoms with van der Waals surface area (Å²) in [7, 11) is 1.47. The van der Waals surface area contributed by atoms with Gasteiger partial charge >= 0.3 is 6.09 Å². The predicted molar refractivity (Wildman–Crippen MR) is 73.9 cm³/mol. The number of methoxy groups -OCH3 is 1. The number of carbonyl (C=O) groups is 1. The Labute approximate surface area is 112 Å². The van der Waals surface area contributed by atoms with Crippen LogP contribution in [-0.2, 0) is 4.74 Å². The molecule has 1 amide bonds. The summed E-state index contributed by atoms with van der Waals surface area (Å²) in [6, 6.07) is 4.81. The van der Waals surface area contributed by atoms with Crippen LogP contribution in [0.25, 0.3) is 0 Å². The van der Waals surface area contributed by atoms with Crippen LogP contribution >= 0.6 is 0 Å². The standard InChI is InChI=1S/C13H19N3O3/c1-13(2,3)19-12(17)16-9-6-5-8(11(14)15)7-10(9)18-4/h5-7H,1-4H3,(H3,14,15)(H,16,17). The summed E-state index contributed by atoms with van der Waals surface area (Å²) >= 11 is 0. The van der Waals surface area contributed by atoms with E-state index in [9.17, 15) is 4.79 Å². The fourth-order valence-corrected chi connectivity index (χ4v) is 1.38. The first-order valence-corrected chi connectivity index (χ1v) is 5.75. The van der Waals surface area contributed by atoms with E-state index >= 15 is 0 Å². The Bertz CT molecular complexity index is 492. The fourth-order valence-electron chi connectivity index (χ4n) is 1.38. The lowest BCUT2D eigenvalue weighted by Crippen LogP contribution is -2.27. The Kier molecular flexibility index (Phi) is 4.37. The zero-order chi connectivity index (χ0) is 14.6. The average Bonchev–Trinajstić information content (AvgIpc) is 2.26. The van der Waals surface area contributed by atoms with Crippen molar-refractivity contribution in [2.24, 2.45) is 5.73 Å². The van der Waals surface area contributed by atoms with Crippen LogP contribution in [0.3, 0.4) is 0 Å². The van der Waals surface area contributed by atoms with E-state index in [0.29, 0.717) is 17.0 Å². The van der Waals surface area contributed by atoms with Crippen molar-refractivity contribution in [3.8, 4) is 5.75 Å². The predicted octanol–water partition coefficient (Wildman–Crippen LogP) is 2.33. The van der Waals surface area contributed by atoms with Crippen LogP contribution < -0.4 is 15.8 Å². The average molecular weight is 265 g/mol. The molecule has 0 saturated carbocycles.